The van der Waals surface area contributed by atoms with E-state index in [1.807, 2.05) is 13.8 Å². The lowest BCUT2D eigenvalue weighted by Gasteiger charge is -2.21. The van der Waals surface area contributed by atoms with Crippen molar-refractivity contribution < 1.29 is 23.9 Å². The predicted octanol–water partition coefficient (Wildman–Crippen LogP) is 1.59. The zero-order valence-corrected chi connectivity index (χ0v) is 16.4. The number of hydrogen-bond acceptors (Lipinski definition) is 5. The van der Waals surface area contributed by atoms with Crippen LogP contribution >= 0.6 is 0 Å². The van der Waals surface area contributed by atoms with Crippen molar-refractivity contribution in [1.82, 2.24) is 10.6 Å². The molecule has 0 saturated heterocycles. The van der Waals surface area contributed by atoms with Crippen LogP contribution in [0.3, 0.4) is 0 Å². The third-order valence-electron chi connectivity index (χ3n) is 3.35. The van der Waals surface area contributed by atoms with Crippen molar-refractivity contribution in [2.45, 2.75) is 73.0 Å². The van der Waals surface area contributed by atoms with Gasteiger partial charge in [-0.15, -0.1) is 0 Å². The minimum absolute atomic E-state index is 0.291. The van der Waals surface area contributed by atoms with Gasteiger partial charge in [0, 0.05) is 5.92 Å². The summed E-state index contributed by atoms with van der Waals surface area (Å²) in [7, 11) is 0. The number of hydrogen-bond donors (Lipinski definition) is 2. The summed E-state index contributed by atoms with van der Waals surface area (Å²) < 4.78 is 5.09. The van der Waals surface area contributed by atoms with E-state index in [0.29, 0.717) is 18.8 Å². The molecule has 0 aromatic carbocycles. The predicted molar refractivity (Wildman–Crippen MR) is 94.7 cm³/mol. The largest absolute Gasteiger partial charge is 0.459 e. The third-order valence-corrected chi connectivity index (χ3v) is 3.35. The normalized spacial score (nSPS) is 13.8. The molecule has 0 aliphatic heterocycles. The molecule has 144 valence electrons. The maximum Gasteiger partial charge on any atom is 0.325 e. The molecule has 0 aromatic rings. The first-order valence-corrected chi connectivity index (χ1v) is 8.71. The fourth-order valence-electron chi connectivity index (χ4n) is 2.28. The molecule has 0 aromatic heterocycles. The van der Waals surface area contributed by atoms with Gasteiger partial charge in [-0.2, -0.15) is 0 Å². The smallest absolute Gasteiger partial charge is 0.325 e. The van der Waals surface area contributed by atoms with Crippen LogP contribution in [0, 0.1) is 11.8 Å². The molecule has 2 unspecified atom stereocenters. The second-order valence-electron chi connectivity index (χ2n) is 7.63. The van der Waals surface area contributed by atoms with Crippen LogP contribution in [0.1, 0.15) is 61.3 Å². The second-order valence-corrected chi connectivity index (χ2v) is 7.63. The quantitative estimate of drug-likeness (QED) is 0.482. The number of esters is 1. The molecule has 0 heterocycles. The summed E-state index contributed by atoms with van der Waals surface area (Å²) in [6, 6.07) is -0.870. The number of Topliss-reactive ketones (excluding diaryl/α,β-unsaturated/α-hetero) is 1. The maximum atomic E-state index is 12.1. The van der Waals surface area contributed by atoms with E-state index in [0.717, 1.165) is 0 Å². The Hall–Kier alpha value is -1.92. The van der Waals surface area contributed by atoms with Crippen molar-refractivity contribution in [3.05, 3.63) is 0 Å². The number of amides is 2. The molecule has 2 amide bonds. The molecule has 0 bridgehead atoms. The Morgan fingerprint density at radius 3 is 2.04 bits per heavy atom. The fourth-order valence-corrected chi connectivity index (χ4v) is 2.28. The zero-order chi connectivity index (χ0) is 19.8. The van der Waals surface area contributed by atoms with Crippen molar-refractivity contribution in [2.75, 3.05) is 6.54 Å². The lowest BCUT2D eigenvalue weighted by molar-refractivity contribution is -0.154. The topological polar surface area (TPSA) is 102 Å². The van der Waals surface area contributed by atoms with Crippen LogP contribution in [-0.4, -0.2) is 41.8 Å². The van der Waals surface area contributed by atoms with Crippen LogP contribution in [0.15, 0.2) is 0 Å². The van der Waals surface area contributed by atoms with Crippen molar-refractivity contribution in [2.24, 2.45) is 11.8 Å². The van der Waals surface area contributed by atoms with E-state index >= 15 is 0 Å². The third kappa shape index (κ3) is 9.84. The summed E-state index contributed by atoms with van der Waals surface area (Å²) in [6.07, 6.45) is 0.908. The molecule has 0 radical (unpaired) electrons. The Morgan fingerprint density at radius 1 is 1.04 bits per heavy atom. The van der Waals surface area contributed by atoms with Crippen molar-refractivity contribution in [3.63, 3.8) is 0 Å². The highest BCUT2D eigenvalue weighted by Gasteiger charge is 2.27. The van der Waals surface area contributed by atoms with Gasteiger partial charge in [-0.1, -0.05) is 27.7 Å². The summed E-state index contributed by atoms with van der Waals surface area (Å²) in [5, 5.41) is 4.86. The van der Waals surface area contributed by atoms with Gasteiger partial charge in [-0.25, -0.2) is 0 Å². The lowest BCUT2D eigenvalue weighted by Crippen LogP contribution is -2.50. The van der Waals surface area contributed by atoms with Gasteiger partial charge in [0.2, 0.25) is 11.7 Å². The van der Waals surface area contributed by atoms with Crippen molar-refractivity contribution in [1.29, 1.82) is 0 Å². The Morgan fingerprint density at radius 2 is 1.60 bits per heavy atom. The van der Waals surface area contributed by atoms with Crippen LogP contribution in [0.2, 0.25) is 0 Å². The summed E-state index contributed by atoms with van der Waals surface area (Å²) in [5.41, 5.74) is -0.640. The van der Waals surface area contributed by atoms with Crippen LogP contribution in [-0.2, 0) is 23.9 Å². The average Bonchev–Trinajstić information content (AvgIpc) is 2.46. The average molecular weight is 356 g/mol. The van der Waals surface area contributed by atoms with Crippen LogP contribution in [0.4, 0.5) is 0 Å². The first-order chi connectivity index (χ1) is 11.4. The standard InChI is InChI=1S/C18H32N2O5/c1-8-13(16(23)19-10-14(21)25-18(5,6)7)20-17(24)15(22)12(4)9-11(2)3/h11-13H,8-10H2,1-7H3,(H,19,23)(H,20,24). The van der Waals surface area contributed by atoms with E-state index in [-0.39, 0.29) is 6.54 Å². The van der Waals surface area contributed by atoms with Crippen molar-refractivity contribution in [3.8, 4) is 0 Å². The van der Waals surface area contributed by atoms with E-state index in [2.05, 4.69) is 10.6 Å². The van der Waals surface area contributed by atoms with E-state index < -0.39 is 41.1 Å². The first kappa shape index (κ1) is 23.1. The number of carbonyl (C=O) groups excluding carboxylic acids is 4. The van der Waals surface area contributed by atoms with Crippen LogP contribution in [0.25, 0.3) is 0 Å². The molecule has 0 fully saturated rings. The molecular weight excluding hydrogens is 324 g/mol. The number of carbonyl (C=O) groups is 4. The van der Waals surface area contributed by atoms with Gasteiger partial charge in [0.05, 0.1) is 0 Å². The van der Waals surface area contributed by atoms with Crippen LogP contribution < -0.4 is 10.6 Å². The van der Waals surface area contributed by atoms with E-state index in [4.69, 9.17) is 4.74 Å². The molecular formula is C18H32N2O5. The number of nitrogens with one attached hydrogen (secondary N) is 2. The van der Waals surface area contributed by atoms with E-state index in [9.17, 15) is 19.2 Å². The van der Waals surface area contributed by atoms with Crippen molar-refractivity contribution >= 4 is 23.6 Å². The minimum Gasteiger partial charge on any atom is -0.459 e. The first-order valence-electron chi connectivity index (χ1n) is 8.71. The Bertz CT molecular complexity index is 494. The highest BCUT2D eigenvalue weighted by atomic mass is 16.6. The maximum absolute atomic E-state index is 12.1. The molecule has 0 spiro atoms. The second kappa shape index (κ2) is 10.2. The van der Waals surface area contributed by atoms with Gasteiger partial charge in [0.25, 0.3) is 5.91 Å². The van der Waals surface area contributed by atoms with Gasteiger partial charge in [-0.3, -0.25) is 19.2 Å². The molecule has 7 nitrogen and oxygen atoms in total. The molecule has 7 heteroatoms. The highest BCUT2D eigenvalue weighted by Crippen LogP contribution is 2.12. The Balaban J connectivity index is 4.57. The van der Waals surface area contributed by atoms with Crippen LogP contribution in [0.5, 0.6) is 0 Å². The van der Waals surface area contributed by atoms with E-state index in [1.54, 1.807) is 34.6 Å². The van der Waals surface area contributed by atoms with Gasteiger partial charge in [0.15, 0.2) is 0 Å². The summed E-state index contributed by atoms with van der Waals surface area (Å²) in [4.78, 5) is 47.8. The Labute approximate surface area is 150 Å². The van der Waals surface area contributed by atoms with Gasteiger partial charge in [-0.05, 0) is 39.5 Å². The Kier molecular flexibility index (Phi) is 9.38. The molecule has 0 saturated carbocycles. The summed E-state index contributed by atoms with van der Waals surface area (Å²) >= 11 is 0. The fraction of sp³-hybridized carbons (Fsp3) is 0.778. The molecule has 0 aliphatic rings. The number of ether oxygens (including phenoxy) is 1. The monoisotopic (exact) mass is 356 g/mol. The van der Waals surface area contributed by atoms with Gasteiger partial charge >= 0.3 is 5.97 Å². The molecule has 2 N–H and O–H groups in total. The molecule has 25 heavy (non-hydrogen) atoms. The molecule has 0 rings (SSSR count). The number of ketones is 1. The highest BCUT2D eigenvalue weighted by molar-refractivity contribution is 6.37. The summed E-state index contributed by atoms with van der Waals surface area (Å²) in [5.74, 6) is -2.50. The minimum atomic E-state index is -0.870. The lowest BCUT2D eigenvalue weighted by atomic mass is 9.94. The number of rotatable bonds is 9. The summed E-state index contributed by atoms with van der Waals surface area (Å²) in [6.45, 7) is 12.2. The molecule has 0 aliphatic carbocycles. The SMILES string of the molecule is CCC(NC(=O)C(=O)C(C)CC(C)C)C(=O)NCC(=O)OC(C)(C)C. The zero-order valence-electron chi connectivity index (χ0n) is 16.4. The van der Waals surface area contributed by atoms with Gasteiger partial charge < -0.3 is 15.4 Å². The van der Waals surface area contributed by atoms with Gasteiger partial charge in [0.1, 0.15) is 18.2 Å². The van der Waals surface area contributed by atoms with E-state index in [1.165, 1.54) is 0 Å². The molecule has 2 atom stereocenters.